The van der Waals surface area contributed by atoms with Crippen LogP contribution in [0, 0.1) is 11.7 Å². The van der Waals surface area contributed by atoms with E-state index >= 15 is 0 Å². The smallest absolute Gasteiger partial charge is 0.289 e. The molecule has 2 heterocycles. The molecule has 0 fully saturated rings. The van der Waals surface area contributed by atoms with Gasteiger partial charge >= 0.3 is 0 Å². The Hall–Kier alpha value is -3.62. The van der Waals surface area contributed by atoms with Crippen LogP contribution in [-0.2, 0) is 9.63 Å². The summed E-state index contributed by atoms with van der Waals surface area (Å²) in [5.41, 5.74) is 4.02. The van der Waals surface area contributed by atoms with Gasteiger partial charge in [-0.3, -0.25) is 4.79 Å². The minimum Gasteiger partial charge on any atom is -0.493 e. The first-order valence-corrected chi connectivity index (χ1v) is 8.87. The van der Waals surface area contributed by atoms with Crippen molar-refractivity contribution < 1.29 is 28.2 Å². The molecular weight excluding hydrogens is 381 g/mol. The van der Waals surface area contributed by atoms with Crippen molar-refractivity contribution in [3.05, 3.63) is 53.3 Å². The molecule has 0 bridgehead atoms. The fourth-order valence-corrected chi connectivity index (χ4v) is 3.11. The summed E-state index contributed by atoms with van der Waals surface area (Å²) >= 11 is 0. The molecule has 2 aliphatic heterocycles. The number of carbonyl (C=O) groups excluding carboxylic acids is 1. The predicted molar refractivity (Wildman–Crippen MR) is 102 cm³/mol. The Morgan fingerprint density at radius 1 is 1.31 bits per heavy atom. The summed E-state index contributed by atoms with van der Waals surface area (Å²) in [7, 11) is 1.54. The van der Waals surface area contributed by atoms with Gasteiger partial charge in [0.15, 0.2) is 23.3 Å². The van der Waals surface area contributed by atoms with Crippen molar-refractivity contribution in [1.82, 2.24) is 5.43 Å². The molecule has 1 N–H and O–H groups in total. The molecule has 150 valence electrons. The summed E-state index contributed by atoms with van der Waals surface area (Å²) in [6.45, 7) is 1.95. The number of nitrogens with zero attached hydrogens (tertiary/aromatic N) is 2. The molecule has 2 aromatic carbocycles. The zero-order valence-electron chi connectivity index (χ0n) is 15.7. The lowest BCUT2D eigenvalue weighted by Gasteiger charge is -2.16. The molecule has 0 aromatic heterocycles. The van der Waals surface area contributed by atoms with Crippen LogP contribution in [0.1, 0.15) is 24.2 Å². The number of hydrogen-bond acceptors (Lipinski definition) is 7. The minimum atomic E-state index is -0.486. The van der Waals surface area contributed by atoms with Crippen LogP contribution in [0.25, 0.3) is 0 Å². The van der Waals surface area contributed by atoms with Gasteiger partial charge in [-0.2, -0.15) is 5.10 Å². The van der Waals surface area contributed by atoms with Crippen LogP contribution in [0.2, 0.25) is 0 Å². The summed E-state index contributed by atoms with van der Waals surface area (Å²) in [5.74, 6) is 0.455. The van der Waals surface area contributed by atoms with Crippen LogP contribution in [0.3, 0.4) is 0 Å². The average molecular weight is 399 g/mol. The number of hydrazone groups is 1. The quantitative estimate of drug-likeness (QED) is 0.617. The Morgan fingerprint density at radius 2 is 2.10 bits per heavy atom. The number of methoxy groups -OCH3 is 1. The maximum atomic E-state index is 12.9. The van der Waals surface area contributed by atoms with Crippen LogP contribution >= 0.6 is 0 Å². The molecule has 8 nitrogen and oxygen atoms in total. The fraction of sp³-hybridized carbons (Fsp3) is 0.250. The summed E-state index contributed by atoms with van der Waals surface area (Å²) in [6.07, 6.45) is 0.929. The summed E-state index contributed by atoms with van der Waals surface area (Å²) in [4.78, 5) is 17.9. The monoisotopic (exact) mass is 399 g/mol. The molecule has 0 saturated carbocycles. The second kappa shape index (κ2) is 7.78. The number of benzene rings is 2. The molecule has 1 amide bonds. The van der Waals surface area contributed by atoms with Gasteiger partial charge in [-0.15, -0.1) is 0 Å². The normalized spacial score (nSPS) is 19.8. The number of ether oxygens (including phenoxy) is 3. The van der Waals surface area contributed by atoms with Crippen molar-refractivity contribution in [1.29, 1.82) is 0 Å². The van der Waals surface area contributed by atoms with Crippen LogP contribution in [0.15, 0.2) is 46.7 Å². The van der Waals surface area contributed by atoms with Crippen molar-refractivity contribution in [2.75, 3.05) is 13.9 Å². The average Bonchev–Trinajstić information content (AvgIpc) is 3.35. The van der Waals surface area contributed by atoms with Crippen LogP contribution < -0.4 is 19.6 Å². The first kappa shape index (κ1) is 18.7. The minimum absolute atomic E-state index is 0.117. The molecule has 2 unspecified atom stereocenters. The Kier molecular flexibility index (Phi) is 5.03. The lowest BCUT2D eigenvalue weighted by atomic mass is 9.93. The van der Waals surface area contributed by atoms with Crippen molar-refractivity contribution in [3.8, 4) is 17.2 Å². The van der Waals surface area contributed by atoms with Crippen molar-refractivity contribution in [2.24, 2.45) is 16.2 Å². The molecular formula is C20H18FN3O5. The Bertz CT molecular complexity index is 990. The van der Waals surface area contributed by atoms with Gasteiger partial charge in [0.1, 0.15) is 5.82 Å². The first-order chi connectivity index (χ1) is 14.1. The number of carbonyl (C=O) groups is 1. The molecule has 0 aliphatic carbocycles. The highest BCUT2D eigenvalue weighted by atomic mass is 19.1. The largest absolute Gasteiger partial charge is 0.493 e. The van der Waals surface area contributed by atoms with Gasteiger partial charge in [0, 0.05) is 5.56 Å². The number of rotatable bonds is 5. The second-order valence-electron chi connectivity index (χ2n) is 6.50. The summed E-state index contributed by atoms with van der Waals surface area (Å²) in [5, 5.41) is 7.81. The van der Waals surface area contributed by atoms with Gasteiger partial charge in [0.25, 0.3) is 5.91 Å². The highest BCUT2D eigenvalue weighted by Crippen LogP contribution is 2.45. The Labute approximate surface area is 165 Å². The third-order valence-electron chi connectivity index (χ3n) is 4.64. The lowest BCUT2D eigenvalue weighted by molar-refractivity contribution is -0.115. The molecule has 0 saturated heterocycles. The van der Waals surface area contributed by atoms with E-state index in [1.54, 1.807) is 24.3 Å². The summed E-state index contributed by atoms with van der Waals surface area (Å²) < 4.78 is 29.1. The van der Waals surface area contributed by atoms with Gasteiger partial charge < -0.3 is 19.0 Å². The Balaban J connectivity index is 1.44. The topological polar surface area (TPSA) is 90.7 Å². The zero-order chi connectivity index (χ0) is 20.4. The van der Waals surface area contributed by atoms with E-state index in [2.05, 4.69) is 15.7 Å². The van der Waals surface area contributed by atoms with E-state index in [1.807, 2.05) is 6.92 Å². The number of amides is 1. The Morgan fingerprint density at radius 3 is 2.86 bits per heavy atom. The highest BCUT2D eigenvalue weighted by molar-refractivity contribution is 6.39. The number of hydrogen-bond donors (Lipinski definition) is 1. The third-order valence-corrected chi connectivity index (χ3v) is 4.64. The van der Waals surface area contributed by atoms with E-state index in [1.165, 1.54) is 25.5 Å². The zero-order valence-corrected chi connectivity index (χ0v) is 15.7. The van der Waals surface area contributed by atoms with Crippen molar-refractivity contribution >= 4 is 17.8 Å². The van der Waals surface area contributed by atoms with Crippen LogP contribution in [-0.4, -0.2) is 31.7 Å². The number of fused-ring (bicyclic) bond motifs is 1. The third kappa shape index (κ3) is 3.71. The van der Waals surface area contributed by atoms with Gasteiger partial charge in [-0.05, 0) is 29.8 Å². The van der Waals surface area contributed by atoms with E-state index in [4.69, 9.17) is 19.0 Å². The van der Waals surface area contributed by atoms with E-state index in [9.17, 15) is 9.18 Å². The molecule has 4 rings (SSSR count). The van der Waals surface area contributed by atoms with Gasteiger partial charge in [-0.1, -0.05) is 24.2 Å². The fourth-order valence-electron chi connectivity index (χ4n) is 3.11. The van der Waals surface area contributed by atoms with E-state index in [0.717, 1.165) is 5.56 Å². The maximum Gasteiger partial charge on any atom is 0.289 e. The number of nitrogens with one attached hydrogen (secondary N) is 1. The molecule has 9 heteroatoms. The first-order valence-electron chi connectivity index (χ1n) is 8.87. The second-order valence-corrected chi connectivity index (χ2v) is 6.50. The van der Waals surface area contributed by atoms with Crippen molar-refractivity contribution in [2.45, 2.75) is 13.0 Å². The summed E-state index contributed by atoms with van der Waals surface area (Å²) in [6, 6.07) is 9.28. The molecule has 2 aromatic rings. The van der Waals surface area contributed by atoms with Crippen LogP contribution in [0.5, 0.6) is 17.2 Å². The molecule has 2 aliphatic rings. The molecule has 0 radical (unpaired) electrons. The SMILES string of the molecule is COc1cc(C2ON=C(C(=O)NN=Cc3ccc(F)cc3)C2C)cc2c1OCO2. The number of oxime groups is 1. The van der Waals surface area contributed by atoms with E-state index < -0.39 is 12.0 Å². The van der Waals surface area contributed by atoms with Crippen LogP contribution in [0.4, 0.5) is 4.39 Å². The van der Waals surface area contributed by atoms with Gasteiger partial charge in [0.2, 0.25) is 12.5 Å². The molecule has 29 heavy (non-hydrogen) atoms. The van der Waals surface area contributed by atoms with E-state index in [-0.39, 0.29) is 24.2 Å². The number of halogens is 1. The predicted octanol–water partition coefficient (Wildman–Crippen LogP) is 2.78. The van der Waals surface area contributed by atoms with Gasteiger partial charge in [-0.25, -0.2) is 9.82 Å². The molecule has 0 spiro atoms. The maximum absolute atomic E-state index is 12.9. The standard InChI is InChI=1S/C20H18FN3O5/c1-11-17(20(25)23-22-9-12-3-5-14(21)6-4-12)24-29-18(11)13-7-15(26-2)19-16(8-13)27-10-28-19/h3-9,11,18H,10H2,1-2H3,(H,23,25). The lowest BCUT2D eigenvalue weighted by Crippen LogP contribution is -2.31. The van der Waals surface area contributed by atoms with Crippen molar-refractivity contribution in [3.63, 3.8) is 0 Å². The highest BCUT2D eigenvalue weighted by Gasteiger charge is 2.37. The van der Waals surface area contributed by atoms with E-state index in [0.29, 0.717) is 22.8 Å². The molecule has 2 atom stereocenters. The van der Waals surface area contributed by atoms with Gasteiger partial charge in [0.05, 0.1) is 19.2 Å².